The van der Waals surface area contributed by atoms with Crippen LogP contribution in [0, 0.1) is 0 Å². The number of amides is 1. The Balaban J connectivity index is 2.00. The third-order valence-corrected chi connectivity index (χ3v) is 3.25. The summed E-state index contributed by atoms with van der Waals surface area (Å²) in [6.45, 7) is 0. The van der Waals surface area contributed by atoms with Gasteiger partial charge in [0.05, 0.1) is 0 Å². The highest BCUT2D eigenvalue weighted by Crippen LogP contribution is 2.36. The summed E-state index contributed by atoms with van der Waals surface area (Å²) in [5, 5.41) is 13.3. The molecule has 2 aromatic carbocycles. The second kappa shape index (κ2) is 4.37. The van der Waals surface area contributed by atoms with E-state index in [9.17, 15) is 9.90 Å². The van der Waals surface area contributed by atoms with Crippen molar-refractivity contribution in [1.82, 2.24) is 0 Å². The number of rotatable bonds is 2. The number of hydrogen-bond donors (Lipinski definition) is 2. The fraction of sp³-hybridized carbons (Fsp3) is 0.0625. The number of fused-ring (bicyclic) bond motifs is 1. The smallest absolute Gasteiger partial charge is 0.265 e. The van der Waals surface area contributed by atoms with Crippen LogP contribution in [0.15, 0.2) is 60.7 Å². The van der Waals surface area contributed by atoms with Crippen LogP contribution in [0.5, 0.6) is 0 Å². The number of hydrogen-bond acceptors (Lipinski definition) is 2. The molecule has 1 unspecified atom stereocenters. The zero-order valence-corrected chi connectivity index (χ0v) is 10.2. The number of benzene rings is 2. The molecule has 0 saturated heterocycles. The van der Waals surface area contributed by atoms with Gasteiger partial charge in [0, 0.05) is 11.3 Å². The standard InChI is InChI=1S/C16H13NO2/c18-15-16(19,11-10-12-6-2-1-3-7-12)13-8-4-5-9-14(13)17-15/h1-11,19H,(H,17,18)/b11-10+. The molecule has 1 aliphatic heterocycles. The average molecular weight is 251 g/mol. The molecule has 3 heteroatoms. The summed E-state index contributed by atoms with van der Waals surface area (Å²) in [5.41, 5.74) is 0.597. The van der Waals surface area contributed by atoms with Crippen molar-refractivity contribution in [2.75, 3.05) is 5.32 Å². The van der Waals surface area contributed by atoms with Gasteiger partial charge in [-0.25, -0.2) is 0 Å². The molecule has 1 amide bonds. The molecule has 1 heterocycles. The van der Waals surface area contributed by atoms with Gasteiger partial charge in [0.2, 0.25) is 0 Å². The van der Waals surface area contributed by atoms with Crippen LogP contribution in [0.1, 0.15) is 11.1 Å². The topological polar surface area (TPSA) is 49.3 Å². The van der Waals surface area contributed by atoms with Crippen molar-refractivity contribution in [3.05, 3.63) is 71.8 Å². The zero-order chi connectivity index (χ0) is 13.3. The lowest BCUT2D eigenvalue weighted by molar-refractivity contribution is -0.129. The zero-order valence-electron chi connectivity index (χ0n) is 10.2. The van der Waals surface area contributed by atoms with E-state index in [4.69, 9.17) is 0 Å². The summed E-state index contributed by atoms with van der Waals surface area (Å²) in [7, 11) is 0. The van der Waals surface area contributed by atoms with Crippen LogP contribution in [-0.4, -0.2) is 11.0 Å². The molecule has 3 rings (SSSR count). The number of nitrogens with one attached hydrogen (secondary N) is 1. The molecule has 3 nitrogen and oxygen atoms in total. The van der Waals surface area contributed by atoms with E-state index in [1.54, 1.807) is 24.3 Å². The fourth-order valence-corrected chi connectivity index (χ4v) is 2.21. The molecule has 0 fully saturated rings. The number of para-hydroxylation sites is 1. The SMILES string of the molecule is O=C1Nc2ccccc2C1(O)/C=C/c1ccccc1. The molecule has 2 aromatic rings. The minimum absolute atomic E-state index is 0.416. The Morgan fingerprint density at radius 3 is 2.47 bits per heavy atom. The first kappa shape index (κ1) is 11.7. The third kappa shape index (κ3) is 1.94. The number of anilines is 1. The third-order valence-electron chi connectivity index (χ3n) is 3.25. The maximum absolute atomic E-state index is 12.0. The maximum atomic E-state index is 12.0. The Kier molecular flexibility index (Phi) is 2.69. The number of aliphatic hydroxyl groups is 1. The molecule has 94 valence electrons. The van der Waals surface area contributed by atoms with E-state index in [0.29, 0.717) is 11.3 Å². The Morgan fingerprint density at radius 1 is 1.00 bits per heavy atom. The highest BCUT2D eigenvalue weighted by molar-refractivity contribution is 6.06. The first-order valence-corrected chi connectivity index (χ1v) is 6.08. The van der Waals surface area contributed by atoms with E-state index in [-0.39, 0.29) is 0 Å². The summed E-state index contributed by atoms with van der Waals surface area (Å²) in [4.78, 5) is 12.0. The van der Waals surface area contributed by atoms with Crippen molar-refractivity contribution in [1.29, 1.82) is 0 Å². The molecule has 0 aliphatic carbocycles. The van der Waals surface area contributed by atoms with Crippen LogP contribution in [0.3, 0.4) is 0 Å². The summed E-state index contributed by atoms with van der Waals surface area (Å²) in [6.07, 6.45) is 3.28. The molecular weight excluding hydrogens is 238 g/mol. The largest absolute Gasteiger partial charge is 0.372 e. The Hall–Kier alpha value is -2.39. The minimum atomic E-state index is -1.59. The molecule has 1 aliphatic rings. The Bertz CT molecular complexity index is 649. The molecular formula is C16H13NO2. The predicted molar refractivity (Wildman–Crippen MR) is 74.4 cm³/mol. The van der Waals surface area contributed by atoms with Crippen LogP contribution < -0.4 is 5.32 Å². The molecule has 0 aromatic heterocycles. The normalized spacial score (nSPS) is 21.4. The van der Waals surface area contributed by atoms with Crippen molar-refractivity contribution < 1.29 is 9.90 Å². The quantitative estimate of drug-likeness (QED) is 0.861. The molecule has 1 atom stereocenters. The van der Waals surface area contributed by atoms with E-state index in [1.165, 1.54) is 6.08 Å². The van der Waals surface area contributed by atoms with Crippen molar-refractivity contribution in [3.63, 3.8) is 0 Å². The second-order valence-corrected chi connectivity index (χ2v) is 4.51. The van der Waals surface area contributed by atoms with E-state index in [0.717, 1.165) is 5.56 Å². The second-order valence-electron chi connectivity index (χ2n) is 4.51. The van der Waals surface area contributed by atoms with Crippen molar-refractivity contribution in [2.24, 2.45) is 0 Å². The van der Waals surface area contributed by atoms with E-state index in [1.807, 2.05) is 36.4 Å². The van der Waals surface area contributed by atoms with Crippen molar-refractivity contribution in [2.45, 2.75) is 5.60 Å². The molecule has 0 saturated carbocycles. The minimum Gasteiger partial charge on any atom is -0.372 e. The lowest BCUT2D eigenvalue weighted by Gasteiger charge is -2.15. The monoisotopic (exact) mass is 251 g/mol. The summed E-state index contributed by atoms with van der Waals surface area (Å²) in [5.74, 6) is -0.416. The lowest BCUT2D eigenvalue weighted by atomic mass is 9.94. The summed E-state index contributed by atoms with van der Waals surface area (Å²) >= 11 is 0. The van der Waals surface area contributed by atoms with Gasteiger partial charge in [-0.15, -0.1) is 0 Å². The van der Waals surface area contributed by atoms with Crippen LogP contribution in [0.2, 0.25) is 0 Å². The molecule has 19 heavy (non-hydrogen) atoms. The highest BCUT2D eigenvalue weighted by Gasteiger charge is 2.42. The number of carbonyl (C=O) groups excluding carboxylic acids is 1. The van der Waals surface area contributed by atoms with Crippen LogP contribution >= 0.6 is 0 Å². The van der Waals surface area contributed by atoms with Gasteiger partial charge in [0.1, 0.15) is 0 Å². The Labute approximate surface area is 111 Å². The number of carbonyl (C=O) groups is 1. The maximum Gasteiger partial charge on any atom is 0.265 e. The molecule has 0 bridgehead atoms. The van der Waals surface area contributed by atoms with Crippen molar-refractivity contribution >= 4 is 17.7 Å². The van der Waals surface area contributed by atoms with Crippen LogP contribution in [0.4, 0.5) is 5.69 Å². The molecule has 2 N–H and O–H groups in total. The van der Waals surface area contributed by atoms with Crippen molar-refractivity contribution in [3.8, 4) is 0 Å². The van der Waals surface area contributed by atoms with E-state index in [2.05, 4.69) is 5.32 Å². The van der Waals surface area contributed by atoms with Gasteiger partial charge in [-0.1, -0.05) is 54.6 Å². The molecule has 0 radical (unpaired) electrons. The summed E-state index contributed by atoms with van der Waals surface area (Å²) < 4.78 is 0. The predicted octanol–water partition coefficient (Wildman–Crippen LogP) is 2.54. The fourth-order valence-electron chi connectivity index (χ4n) is 2.21. The van der Waals surface area contributed by atoms with E-state index >= 15 is 0 Å². The van der Waals surface area contributed by atoms with Gasteiger partial charge in [-0.2, -0.15) is 0 Å². The first-order valence-electron chi connectivity index (χ1n) is 6.08. The van der Waals surface area contributed by atoms with Gasteiger partial charge in [-0.3, -0.25) is 4.79 Å². The summed E-state index contributed by atoms with van der Waals surface area (Å²) in [6, 6.07) is 16.7. The Morgan fingerprint density at radius 2 is 1.68 bits per heavy atom. The van der Waals surface area contributed by atoms with Gasteiger partial charge >= 0.3 is 0 Å². The van der Waals surface area contributed by atoms with Gasteiger partial charge in [0.25, 0.3) is 5.91 Å². The van der Waals surface area contributed by atoms with E-state index < -0.39 is 11.5 Å². The lowest BCUT2D eigenvalue weighted by Crippen LogP contribution is -2.31. The van der Waals surface area contributed by atoms with Gasteiger partial charge in [-0.05, 0) is 17.7 Å². The van der Waals surface area contributed by atoms with Crippen LogP contribution in [-0.2, 0) is 10.4 Å². The average Bonchev–Trinajstić information content (AvgIpc) is 2.71. The van der Waals surface area contributed by atoms with Gasteiger partial charge in [0.15, 0.2) is 5.60 Å². The highest BCUT2D eigenvalue weighted by atomic mass is 16.3. The molecule has 0 spiro atoms. The first-order chi connectivity index (χ1) is 9.20. The van der Waals surface area contributed by atoms with Gasteiger partial charge < -0.3 is 10.4 Å². The van der Waals surface area contributed by atoms with Crippen LogP contribution in [0.25, 0.3) is 6.08 Å².